The van der Waals surface area contributed by atoms with Crippen molar-refractivity contribution in [3.8, 4) is 5.75 Å². The van der Waals surface area contributed by atoms with Gasteiger partial charge < -0.3 is 25.4 Å². The van der Waals surface area contributed by atoms with Crippen LogP contribution in [0, 0.1) is 0 Å². The maximum Gasteiger partial charge on any atom is 0.341 e. The molecule has 3 N–H and O–H groups in total. The number of ether oxygens (including phenoxy) is 2. The second kappa shape index (κ2) is 19.3. The van der Waals surface area contributed by atoms with Gasteiger partial charge in [0.05, 0.1) is 19.3 Å². The smallest absolute Gasteiger partial charge is 0.341 e. The Bertz CT molecular complexity index is 2450. The van der Waals surface area contributed by atoms with Crippen LogP contribution in [0.5, 0.6) is 5.75 Å². The minimum Gasteiger partial charge on any atom is -0.497 e. The lowest BCUT2D eigenvalue weighted by atomic mass is 9.83. The normalized spacial score (nSPS) is 14.0. The van der Waals surface area contributed by atoms with Crippen LogP contribution in [0.2, 0.25) is 0 Å². The monoisotopic (exact) mass is 821 g/mol. The van der Waals surface area contributed by atoms with Crippen LogP contribution in [-0.4, -0.2) is 37.4 Å². The Hall–Kier alpha value is -6.43. The fourth-order valence-electron chi connectivity index (χ4n) is 6.97. The summed E-state index contributed by atoms with van der Waals surface area (Å²) in [6.07, 6.45) is 3.96. The van der Waals surface area contributed by atoms with Crippen LogP contribution in [-0.2, 0) is 27.2 Å². The molecule has 1 aromatic heterocycles. The number of fused-ring (bicyclic) bond motifs is 1. The zero-order valence-electron chi connectivity index (χ0n) is 32.6. The molecule has 0 fully saturated rings. The van der Waals surface area contributed by atoms with Gasteiger partial charge in [0.1, 0.15) is 21.7 Å². The van der Waals surface area contributed by atoms with E-state index in [1.54, 1.807) is 86.8 Å². The molecule has 0 saturated heterocycles. The number of carbonyl (C=O) groups is 4. The third kappa shape index (κ3) is 10.2. The maximum absolute atomic E-state index is 14.4. The van der Waals surface area contributed by atoms with Gasteiger partial charge in [-0.05, 0) is 103 Å². The topological polar surface area (TPSA) is 123 Å². The molecule has 6 aromatic rings. The zero-order chi connectivity index (χ0) is 41.1. The molecular weight excluding hydrogens is 779 g/mol. The SMILES string of the molecule is CCOC(=O)c1c(NC(=O)C(Sc2cccc(NC(=O)/C(=C\c3ccc(OC)cc3)NC(=O)c3ccccc3)c2)c2ccccc2)sc2c1CCC(c1ccccc1)C2. The minimum atomic E-state index is -0.718. The number of rotatable bonds is 14. The van der Waals surface area contributed by atoms with Crippen LogP contribution in [0.3, 0.4) is 0 Å². The van der Waals surface area contributed by atoms with Gasteiger partial charge in [-0.1, -0.05) is 97.1 Å². The van der Waals surface area contributed by atoms with E-state index >= 15 is 0 Å². The van der Waals surface area contributed by atoms with Crippen LogP contribution >= 0.6 is 23.1 Å². The average Bonchev–Trinajstić information content (AvgIpc) is 3.63. The first-order valence-corrected chi connectivity index (χ1v) is 21.0. The number of amides is 3. The first kappa shape index (κ1) is 40.8. The molecule has 3 amide bonds. The first-order chi connectivity index (χ1) is 28.8. The minimum absolute atomic E-state index is 0.0368. The van der Waals surface area contributed by atoms with Gasteiger partial charge >= 0.3 is 5.97 Å². The van der Waals surface area contributed by atoms with Crippen molar-refractivity contribution in [1.82, 2.24) is 5.32 Å². The predicted octanol–water partition coefficient (Wildman–Crippen LogP) is 10.1. The number of carbonyl (C=O) groups excluding carboxylic acids is 4. The molecule has 0 saturated carbocycles. The number of thioether (sulfide) groups is 1. The molecular formula is C48H43N3O6S2. The third-order valence-corrected chi connectivity index (χ3v) is 12.3. The van der Waals surface area contributed by atoms with Crippen molar-refractivity contribution in [2.75, 3.05) is 24.4 Å². The van der Waals surface area contributed by atoms with Crippen molar-refractivity contribution in [1.29, 1.82) is 0 Å². The number of hydrogen-bond acceptors (Lipinski definition) is 8. The molecule has 1 aliphatic rings. The second-order valence-electron chi connectivity index (χ2n) is 13.8. The van der Waals surface area contributed by atoms with E-state index in [-0.39, 0.29) is 18.2 Å². The quantitative estimate of drug-likeness (QED) is 0.0568. The molecule has 7 rings (SSSR count). The Labute approximate surface area is 351 Å². The van der Waals surface area contributed by atoms with Crippen LogP contribution in [0.15, 0.2) is 150 Å². The highest BCUT2D eigenvalue weighted by Crippen LogP contribution is 2.44. The summed E-state index contributed by atoms with van der Waals surface area (Å²) in [4.78, 5) is 56.8. The molecule has 0 spiro atoms. The summed E-state index contributed by atoms with van der Waals surface area (Å²) in [6, 6.07) is 42.8. The van der Waals surface area contributed by atoms with Crippen LogP contribution in [0.1, 0.15) is 72.4 Å². The van der Waals surface area contributed by atoms with Gasteiger partial charge in [-0.15, -0.1) is 23.1 Å². The highest BCUT2D eigenvalue weighted by Gasteiger charge is 2.32. The first-order valence-electron chi connectivity index (χ1n) is 19.3. The number of methoxy groups -OCH3 is 1. The predicted molar refractivity (Wildman–Crippen MR) is 235 cm³/mol. The van der Waals surface area contributed by atoms with Crippen molar-refractivity contribution in [2.45, 2.75) is 42.2 Å². The third-order valence-electron chi connectivity index (χ3n) is 9.89. The van der Waals surface area contributed by atoms with E-state index in [4.69, 9.17) is 9.47 Å². The number of nitrogens with one attached hydrogen (secondary N) is 3. The lowest BCUT2D eigenvalue weighted by Gasteiger charge is -2.23. The van der Waals surface area contributed by atoms with Gasteiger partial charge in [0.15, 0.2) is 0 Å². The van der Waals surface area contributed by atoms with Crippen molar-refractivity contribution >= 4 is 63.6 Å². The molecule has 0 radical (unpaired) electrons. The standard InChI is InChI=1S/C48H43N3O6S2/c1-3-57-48(55)42-39-27-24-35(32-14-7-4-8-15-32)29-41(39)59-47(42)51-46(54)43(33-16-9-5-10-17-33)58-38-21-13-20-36(30-38)49-45(53)40(28-31-22-25-37(56-2)26-23-31)50-44(52)34-18-11-6-12-19-34/h4-23,25-26,28,30,35,43H,3,24,27,29H2,1-2H3,(H,49,53)(H,50,52)(H,51,54)/b40-28+. The molecule has 59 heavy (non-hydrogen) atoms. The van der Waals surface area contributed by atoms with E-state index in [0.29, 0.717) is 50.4 Å². The number of thiophene rings is 1. The second-order valence-corrected chi connectivity index (χ2v) is 16.1. The van der Waals surface area contributed by atoms with Crippen molar-refractivity contribution in [3.63, 3.8) is 0 Å². The van der Waals surface area contributed by atoms with Crippen LogP contribution < -0.4 is 20.7 Å². The van der Waals surface area contributed by atoms with E-state index in [1.807, 2.05) is 60.7 Å². The Kier molecular flexibility index (Phi) is 13.4. The molecule has 298 valence electrons. The largest absolute Gasteiger partial charge is 0.497 e. The molecule has 0 aliphatic heterocycles. The summed E-state index contributed by atoms with van der Waals surface area (Å²) in [7, 11) is 1.57. The molecule has 9 nitrogen and oxygen atoms in total. The summed E-state index contributed by atoms with van der Waals surface area (Å²) >= 11 is 2.77. The number of benzene rings is 5. The lowest BCUT2D eigenvalue weighted by Crippen LogP contribution is -2.30. The summed E-state index contributed by atoms with van der Waals surface area (Å²) in [5.74, 6) is -0.735. The van der Waals surface area contributed by atoms with Crippen molar-refractivity contribution in [3.05, 3.63) is 183 Å². The fourth-order valence-corrected chi connectivity index (χ4v) is 9.37. The van der Waals surface area contributed by atoms with E-state index in [9.17, 15) is 19.2 Å². The molecule has 2 atom stereocenters. The number of esters is 1. The number of hydrogen-bond donors (Lipinski definition) is 3. The Morgan fingerprint density at radius 3 is 2.22 bits per heavy atom. The van der Waals surface area contributed by atoms with Gasteiger partial charge in [-0.2, -0.15) is 0 Å². The molecule has 1 aliphatic carbocycles. The van der Waals surface area contributed by atoms with Gasteiger partial charge in [0.25, 0.3) is 11.8 Å². The highest BCUT2D eigenvalue weighted by atomic mass is 32.2. The van der Waals surface area contributed by atoms with Crippen molar-refractivity contribution < 1.29 is 28.7 Å². The van der Waals surface area contributed by atoms with Gasteiger partial charge in [0.2, 0.25) is 5.91 Å². The summed E-state index contributed by atoms with van der Waals surface area (Å²) < 4.78 is 10.8. The average molecular weight is 822 g/mol. The molecule has 1 heterocycles. The van der Waals surface area contributed by atoms with Gasteiger partial charge in [0, 0.05) is 21.0 Å². The van der Waals surface area contributed by atoms with Gasteiger partial charge in [-0.3, -0.25) is 14.4 Å². The maximum atomic E-state index is 14.4. The van der Waals surface area contributed by atoms with E-state index < -0.39 is 23.0 Å². The Morgan fingerprint density at radius 1 is 0.831 bits per heavy atom. The van der Waals surface area contributed by atoms with E-state index in [1.165, 1.54) is 28.7 Å². The Balaban J connectivity index is 1.13. The molecule has 5 aromatic carbocycles. The number of anilines is 2. The highest BCUT2D eigenvalue weighted by molar-refractivity contribution is 8.00. The van der Waals surface area contributed by atoms with Gasteiger partial charge in [-0.25, -0.2) is 4.79 Å². The fraction of sp³-hybridized carbons (Fsp3) is 0.167. The zero-order valence-corrected chi connectivity index (χ0v) is 34.2. The van der Waals surface area contributed by atoms with E-state index in [0.717, 1.165) is 28.8 Å². The molecule has 0 bridgehead atoms. The summed E-state index contributed by atoms with van der Waals surface area (Å²) in [5.41, 5.74) is 4.99. The Morgan fingerprint density at radius 2 is 1.53 bits per heavy atom. The summed E-state index contributed by atoms with van der Waals surface area (Å²) in [5, 5.41) is 8.61. The van der Waals surface area contributed by atoms with Crippen molar-refractivity contribution in [2.24, 2.45) is 0 Å². The molecule has 11 heteroatoms. The summed E-state index contributed by atoms with van der Waals surface area (Å²) in [6.45, 7) is 1.99. The van der Waals surface area contributed by atoms with E-state index in [2.05, 4.69) is 28.1 Å². The molecule has 2 unspecified atom stereocenters. The lowest BCUT2D eigenvalue weighted by molar-refractivity contribution is -0.116. The van der Waals surface area contributed by atoms with Crippen LogP contribution in [0.4, 0.5) is 10.7 Å². The van der Waals surface area contributed by atoms with Crippen LogP contribution in [0.25, 0.3) is 6.08 Å².